The summed E-state index contributed by atoms with van der Waals surface area (Å²) in [5.74, 6) is 0.186. The highest BCUT2D eigenvalue weighted by molar-refractivity contribution is 9.10. The fourth-order valence-corrected chi connectivity index (χ4v) is 4.07. The van der Waals surface area contributed by atoms with E-state index in [2.05, 4.69) is 20.8 Å². The lowest BCUT2D eigenvalue weighted by Crippen LogP contribution is -2.51. The maximum atomic E-state index is 12.6. The minimum Gasteiger partial charge on any atom is -0.393 e. The number of piperidine rings is 1. The number of halogens is 1. The van der Waals surface area contributed by atoms with Gasteiger partial charge < -0.3 is 5.11 Å². The summed E-state index contributed by atoms with van der Waals surface area (Å²) >= 11 is 3.39. The monoisotopic (exact) mass is 337 g/mol. The summed E-state index contributed by atoms with van der Waals surface area (Å²) in [5.41, 5.74) is 0.770. The number of ketones is 1. The maximum Gasteiger partial charge on any atom is 0.179 e. The van der Waals surface area contributed by atoms with Gasteiger partial charge in [0, 0.05) is 22.1 Å². The van der Waals surface area contributed by atoms with E-state index >= 15 is 0 Å². The first-order valence-corrected chi connectivity index (χ1v) is 8.11. The molecule has 1 aromatic carbocycles. The van der Waals surface area contributed by atoms with E-state index in [1.807, 2.05) is 31.2 Å². The van der Waals surface area contributed by atoms with Crippen LogP contribution in [0.3, 0.4) is 0 Å². The second-order valence-electron chi connectivity index (χ2n) is 6.00. The lowest BCUT2D eigenvalue weighted by molar-refractivity contribution is 0.0155. The molecule has 2 aliphatic rings. The fraction of sp³-hybridized carbons (Fsp3) is 0.562. The van der Waals surface area contributed by atoms with Crippen LogP contribution in [-0.2, 0) is 0 Å². The zero-order valence-corrected chi connectivity index (χ0v) is 13.2. The number of benzene rings is 1. The Morgan fingerprint density at radius 3 is 2.35 bits per heavy atom. The molecule has 0 spiro atoms. The summed E-state index contributed by atoms with van der Waals surface area (Å²) in [4.78, 5) is 15.0. The predicted molar refractivity (Wildman–Crippen MR) is 81.8 cm³/mol. The van der Waals surface area contributed by atoms with Crippen LogP contribution in [0.1, 0.15) is 43.0 Å². The molecule has 20 heavy (non-hydrogen) atoms. The highest BCUT2D eigenvalue weighted by Crippen LogP contribution is 2.37. The normalized spacial score (nSPS) is 31.2. The number of hydrogen-bond acceptors (Lipinski definition) is 3. The molecule has 3 atom stereocenters. The van der Waals surface area contributed by atoms with Gasteiger partial charge in [0.25, 0.3) is 0 Å². The Labute approximate surface area is 128 Å². The number of aliphatic hydroxyl groups is 1. The molecule has 2 aliphatic heterocycles. The van der Waals surface area contributed by atoms with Crippen LogP contribution in [0.25, 0.3) is 0 Å². The molecule has 1 aromatic rings. The number of nitrogens with zero attached hydrogens (tertiary/aromatic N) is 1. The van der Waals surface area contributed by atoms with Gasteiger partial charge in [-0.2, -0.15) is 0 Å². The van der Waals surface area contributed by atoms with E-state index in [4.69, 9.17) is 0 Å². The molecule has 3 unspecified atom stereocenters. The van der Waals surface area contributed by atoms with Crippen molar-refractivity contribution in [2.24, 2.45) is 0 Å². The molecule has 2 heterocycles. The highest BCUT2D eigenvalue weighted by atomic mass is 79.9. The van der Waals surface area contributed by atoms with E-state index in [-0.39, 0.29) is 17.9 Å². The second kappa shape index (κ2) is 5.58. The highest BCUT2D eigenvalue weighted by Gasteiger charge is 2.43. The van der Waals surface area contributed by atoms with Gasteiger partial charge in [0.1, 0.15) is 0 Å². The van der Waals surface area contributed by atoms with E-state index in [0.717, 1.165) is 35.7 Å². The van der Waals surface area contributed by atoms with Crippen LogP contribution < -0.4 is 0 Å². The van der Waals surface area contributed by atoms with Gasteiger partial charge in [-0.15, -0.1) is 0 Å². The number of rotatable bonds is 3. The molecule has 3 nitrogen and oxygen atoms in total. The Bertz CT molecular complexity index is 488. The molecular weight excluding hydrogens is 318 g/mol. The topological polar surface area (TPSA) is 40.5 Å². The Morgan fingerprint density at radius 2 is 1.80 bits per heavy atom. The molecule has 3 rings (SSSR count). The minimum absolute atomic E-state index is 0.0961. The molecule has 0 aromatic heterocycles. The van der Waals surface area contributed by atoms with Crippen molar-refractivity contribution in [1.82, 2.24) is 4.90 Å². The summed E-state index contributed by atoms with van der Waals surface area (Å²) < 4.78 is 0.989. The third kappa shape index (κ3) is 2.57. The number of carbonyl (C=O) groups is 1. The fourth-order valence-electron chi connectivity index (χ4n) is 3.81. The molecule has 4 heteroatoms. The van der Waals surface area contributed by atoms with E-state index in [1.54, 1.807) is 0 Å². The van der Waals surface area contributed by atoms with Crippen molar-refractivity contribution in [1.29, 1.82) is 0 Å². The van der Waals surface area contributed by atoms with Crippen molar-refractivity contribution in [2.75, 3.05) is 0 Å². The van der Waals surface area contributed by atoms with E-state index in [1.165, 1.54) is 0 Å². The molecule has 0 aliphatic carbocycles. The smallest absolute Gasteiger partial charge is 0.179 e. The zero-order chi connectivity index (χ0) is 14.3. The molecule has 0 amide bonds. The van der Waals surface area contributed by atoms with Crippen LogP contribution in [0, 0.1) is 0 Å². The maximum absolute atomic E-state index is 12.6. The van der Waals surface area contributed by atoms with Gasteiger partial charge in [0.2, 0.25) is 0 Å². The average Bonchev–Trinajstić information content (AvgIpc) is 2.70. The van der Waals surface area contributed by atoms with Gasteiger partial charge >= 0.3 is 0 Å². The number of fused-ring (bicyclic) bond motifs is 2. The molecular formula is C16H20BrNO2. The second-order valence-corrected chi connectivity index (χ2v) is 6.92. The first-order valence-electron chi connectivity index (χ1n) is 7.31. The Kier molecular flexibility index (Phi) is 3.98. The van der Waals surface area contributed by atoms with Crippen LogP contribution in [0.5, 0.6) is 0 Å². The summed E-state index contributed by atoms with van der Waals surface area (Å²) in [7, 11) is 0. The Morgan fingerprint density at radius 1 is 1.25 bits per heavy atom. The van der Waals surface area contributed by atoms with Gasteiger partial charge in [0.05, 0.1) is 12.1 Å². The molecule has 108 valence electrons. The molecule has 2 bridgehead atoms. The third-order valence-corrected chi connectivity index (χ3v) is 5.25. The minimum atomic E-state index is -0.182. The summed E-state index contributed by atoms with van der Waals surface area (Å²) in [5, 5.41) is 9.86. The largest absolute Gasteiger partial charge is 0.393 e. The number of aliphatic hydroxyl groups excluding tert-OH is 1. The first-order chi connectivity index (χ1) is 9.56. The van der Waals surface area contributed by atoms with Crippen molar-refractivity contribution in [2.45, 2.75) is 56.8 Å². The molecule has 1 N–H and O–H groups in total. The third-order valence-electron chi connectivity index (χ3n) is 4.72. The van der Waals surface area contributed by atoms with E-state index in [0.29, 0.717) is 12.1 Å². The molecule has 0 saturated carbocycles. The van der Waals surface area contributed by atoms with Gasteiger partial charge in [0.15, 0.2) is 5.78 Å². The van der Waals surface area contributed by atoms with Gasteiger partial charge in [-0.1, -0.05) is 28.1 Å². The van der Waals surface area contributed by atoms with Gasteiger partial charge in [-0.05, 0) is 44.7 Å². The summed E-state index contributed by atoms with van der Waals surface area (Å²) in [6.45, 7) is 2.01. The van der Waals surface area contributed by atoms with Crippen LogP contribution in [0.15, 0.2) is 28.7 Å². The zero-order valence-electron chi connectivity index (χ0n) is 11.6. The predicted octanol–water partition coefficient (Wildman–Crippen LogP) is 3.01. The van der Waals surface area contributed by atoms with E-state index < -0.39 is 0 Å². The van der Waals surface area contributed by atoms with E-state index in [9.17, 15) is 9.90 Å². The number of hydrogen-bond donors (Lipinski definition) is 1. The van der Waals surface area contributed by atoms with Gasteiger partial charge in [-0.3, -0.25) is 9.69 Å². The lowest BCUT2D eigenvalue weighted by Gasteiger charge is -2.40. The first kappa shape index (κ1) is 14.2. The van der Waals surface area contributed by atoms with Crippen molar-refractivity contribution >= 4 is 21.7 Å². The SMILES string of the molecule is CC(C(=O)c1ccc(Br)cc1)N1C2CCC1CC(O)C2. The summed E-state index contributed by atoms with van der Waals surface area (Å²) in [6.07, 6.45) is 3.67. The Hall–Kier alpha value is -0.710. The van der Waals surface area contributed by atoms with Crippen molar-refractivity contribution in [3.63, 3.8) is 0 Å². The van der Waals surface area contributed by atoms with Crippen LogP contribution in [0.2, 0.25) is 0 Å². The van der Waals surface area contributed by atoms with Crippen LogP contribution in [0.4, 0.5) is 0 Å². The van der Waals surface area contributed by atoms with Crippen molar-refractivity contribution < 1.29 is 9.90 Å². The summed E-state index contributed by atoms with van der Waals surface area (Å²) in [6, 6.07) is 8.23. The van der Waals surface area contributed by atoms with Crippen molar-refractivity contribution in [3.05, 3.63) is 34.3 Å². The lowest BCUT2D eigenvalue weighted by atomic mass is 9.95. The number of Topliss-reactive ketones (excluding diaryl/α,β-unsaturated/α-hetero) is 1. The number of carbonyl (C=O) groups excluding carboxylic acids is 1. The Balaban J connectivity index is 1.77. The molecule has 2 fully saturated rings. The molecule has 0 radical (unpaired) electrons. The molecule has 2 saturated heterocycles. The average molecular weight is 338 g/mol. The standard InChI is InChI=1S/C16H20BrNO2/c1-10(16(20)11-2-4-12(17)5-3-11)18-13-6-7-14(18)9-15(19)8-13/h2-5,10,13-15,19H,6-9H2,1H3. The van der Waals surface area contributed by atoms with Crippen LogP contribution >= 0.6 is 15.9 Å². The quantitative estimate of drug-likeness (QED) is 0.862. The van der Waals surface area contributed by atoms with Crippen molar-refractivity contribution in [3.8, 4) is 0 Å². The van der Waals surface area contributed by atoms with Gasteiger partial charge in [-0.25, -0.2) is 0 Å². The van der Waals surface area contributed by atoms with Crippen LogP contribution in [-0.4, -0.2) is 40.0 Å².